The minimum Gasteiger partial charge on any atom is -0.426 e. The molecule has 3 nitrogen and oxygen atoms in total. The van der Waals surface area contributed by atoms with Gasteiger partial charge in [-0.25, -0.2) is 4.98 Å². The third-order valence-corrected chi connectivity index (χ3v) is 0.874. The van der Waals surface area contributed by atoms with Crippen molar-refractivity contribution in [2.75, 3.05) is 5.73 Å². The average molecular weight is 112 g/mol. The molecule has 1 heterocycles. The molecule has 0 aliphatic carbocycles. The van der Waals surface area contributed by atoms with Crippen LogP contribution in [0.5, 0.6) is 0 Å². The molecule has 8 heavy (non-hydrogen) atoms. The summed E-state index contributed by atoms with van der Waals surface area (Å²) in [5.41, 5.74) is 5.22. The van der Waals surface area contributed by atoms with E-state index in [1.165, 1.54) is 6.20 Å². The maximum absolute atomic E-state index is 5.22. The molecule has 3 heteroatoms. The SMILES string of the molecule is CCc1ncc(N)o1. The van der Waals surface area contributed by atoms with Crippen LogP contribution in [0, 0.1) is 0 Å². The van der Waals surface area contributed by atoms with Gasteiger partial charge in [-0.3, -0.25) is 0 Å². The molecule has 0 saturated heterocycles. The quantitative estimate of drug-likeness (QED) is 0.585. The van der Waals surface area contributed by atoms with Gasteiger partial charge in [0.2, 0.25) is 5.88 Å². The van der Waals surface area contributed by atoms with Crippen LogP contribution >= 0.6 is 0 Å². The minimum atomic E-state index is 0.391. The van der Waals surface area contributed by atoms with Crippen LogP contribution in [0.15, 0.2) is 10.6 Å². The molecule has 0 aliphatic rings. The zero-order valence-corrected chi connectivity index (χ0v) is 4.72. The zero-order valence-electron chi connectivity index (χ0n) is 4.72. The minimum absolute atomic E-state index is 0.391. The molecule has 0 bridgehead atoms. The van der Waals surface area contributed by atoms with Gasteiger partial charge in [-0.15, -0.1) is 0 Å². The third kappa shape index (κ3) is 0.804. The second-order valence-corrected chi connectivity index (χ2v) is 1.51. The van der Waals surface area contributed by atoms with Crippen LogP contribution in [0.25, 0.3) is 0 Å². The van der Waals surface area contributed by atoms with Crippen LogP contribution in [0.1, 0.15) is 12.8 Å². The van der Waals surface area contributed by atoms with Crippen LogP contribution < -0.4 is 5.73 Å². The van der Waals surface area contributed by atoms with Gasteiger partial charge < -0.3 is 10.2 Å². The predicted molar refractivity (Wildman–Crippen MR) is 30.3 cm³/mol. The summed E-state index contributed by atoms with van der Waals surface area (Å²) >= 11 is 0. The summed E-state index contributed by atoms with van der Waals surface area (Å²) in [6.07, 6.45) is 2.32. The zero-order chi connectivity index (χ0) is 5.98. The Morgan fingerprint density at radius 3 is 2.88 bits per heavy atom. The monoisotopic (exact) mass is 112 g/mol. The molecule has 0 fully saturated rings. The van der Waals surface area contributed by atoms with Gasteiger partial charge in [-0.2, -0.15) is 0 Å². The predicted octanol–water partition coefficient (Wildman–Crippen LogP) is 0.819. The number of oxazole rings is 1. The summed E-state index contributed by atoms with van der Waals surface area (Å²) < 4.78 is 4.90. The fourth-order valence-electron chi connectivity index (χ4n) is 0.488. The number of aryl methyl sites for hydroxylation is 1. The highest BCUT2D eigenvalue weighted by Gasteiger charge is 1.93. The molecule has 0 radical (unpaired) electrons. The van der Waals surface area contributed by atoms with E-state index in [0.717, 1.165) is 6.42 Å². The van der Waals surface area contributed by atoms with Crippen molar-refractivity contribution in [3.8, 4) is 0 Å². The first-order chi connectivity index (χ1) is 3.83. The van der Waals surface area contributed by atoms with E-state index in [9.17, 15) is 0 Å². The van der Waals surface area contributed by atoms with Crippen molar-refractivity contribution in [3.05, 3.63) is 12.1 Å². The lowest BCUT2D eigenvalue weighted by Gasteiger charge is -1.80. The average Bonchev–Trinajstić information content (AvgIpc) is 2.14. The van der Waals surface area contributed by atoms with Gasteiger partial charge in [0.25, 0.3) is 0 Å². The molecule has 44 valence electrons. The molecular formula is C5H8N2O. The lowest BCUT2D eigenvalue weighted by atomic mass is 10.5. The first-order valence-electron chi connectivity index (χ1n) is 2.53. The maximum Gasteiger partial charge on any atom is 0.211 e. The van der Waals surface area contributed by atoms with E-state index in [2.05, 4.69) is 4.98 Å². The lowest BCUT2D eigenvalue weighted by Crippen LogP contribution is -1.77. The molecule has 1 rings (SSSR count). The Hall–Kier alpha value is -0.990. The van der Waals surface area contributed by atoms with Crippen LogP contribution in [-0.2, 0) is 6.42 Å². The molecular weight excluding hydrogens is 104 g/mol. The third-order valence-electron chi connectivity index (χ3n) is 0.874. The van der Waals surface area contributed by atoms with E-state index in [1.807, 2.05) is 6.92 Å². The summed E-state index contributed by atoms with van der Waals surface area (Å²) in [4.78, 5) is 3.84. The van der Waals surface area contributed by atoms with Gasteiger partial charge in [0, 0.05) is 6.42 Å². The summed E-state index contributed by atoms with van der Waals surface area (Å²) in [7, 11) is 0. The van der Waals surface area contributed by atoms with Gasteiger partial charge in [0.15, 0.2) is 5.89 Å². The van der Waals surface area contributed by atoms with Crippen molar-refractivity contribution in [1.29, 1.82) is 0 Å². The molecule has 0 aromatic carbocycles. The fourth-order valence-corrected chi connectivity index (χ4v) is 0.488. The summed E-state index contributed by atoms with van der Waals surface area (Å²) in [5, 5.41) is 0. The highest BCUT2D eigenvalue weighted by Crippen LogP contribution is 2.03. The Morgan fingerprint density at radius 1 is 1.88 bits per heavy atom. The standard InChI is InChI=1S/C5H8N2O/c1-2-5-7-3-4(6)8-5/h3H,2,6H2,1H3. The highest BCUT2D eigenvalue weighted by molar-refractivity contribution is 5.17. The number of nitrogens with zero attached hydrogens (tertiary/aromatic N) is 1. The van der Waals surface area contributed by atoms with Crippen LogP contribution in [0.3, 0.4) is 0 Å². The number of aromatic nitrogens is 1. The van der Waals surface area contributed by atoms with Gasteiger partial charge in [0.1, 0.15) is 0 Å². The Kier molecular flexibility index (Phi) is 1.20. The van der Waals surface area contributed by atoms with Gasteiger partial charge in [-0.1, -0.05) is 6.92 Å². The van der Waals surface area contributed by atoms with Crippen molar-refractivity contribution in [2.45, 2.75) is 13.3 Å². The van der Waals surface area contributed by atoms with Gasteiger partial charge in [0.05, 0.1) is 6.20 Å². The second kappa shape index (κ2) is 1.86. The Balaban J connectivity index is 2.84. The van der Waals surface area contributed by atoms with E-state index in [0.29, 0.717) is 11.8 Å². The lowest BCUT2D eigenvalue weighted by molar-refractivity contribution is 0.518. The smallest absolute Gasteiger partial charge is 0.211 e. The molecule has 0 aliphatic heterocycles. The van der Waals surface area contributed by atoms with Crippen molar-refractivity contribution in [2.24, 2.45) is 0 Å². The molecule has 0 unspecified atom stereocenters. The first-order valence-corrected chi connectivity index (χ1v) is 2.53. The molecule has 2 N–H and O–H groups in total. The number of nitrogens with two attached hydrogens (primary N) is 1. The second-order valence-electron chi connectivity index (χ2n) is 1.51. The summed E-state index contributed by atoms with van der Waals surface area (Å²) in [6, 6.07) is 0. The molecule has 1 aromatic rings. The van der Waals surface area contributed by atoms with E-state index in [4.69, 9.17) is 10.2 Å². The normalized spacial score (nSPS) is 9.62. The molecule has 0 amide bonds. The Bertz CT molecular complexity index is 171. The Labute approximate surface area is 47.5 Å². The number of hydrogen-bond acceptors (Lipinski definition) is 3. The highest BCUT2D eigenvalue weighted by atomic mass is 16.4. The number of nitrogen functional groups attached to an aromatic ring is 1. The van der Waals surface area contributed by atoms with Crippen molar-refractivity contribution < 1.29 is 4.42 Å². The molecule has 0 saturated carbocycles. The fraction of sp³-hybridized carbons (Fsp3) is 0.400. The van der Waals surface area contributed by atoms with Crippen LogP contribution in [-0.4, -0.2) is 4.98 Å². The molecule has 0 spiro atoms. The van der Waals surface area contributed by atoms with Gasteiger partial charge in [-0.05, 0) is 0 Å². The maximum atomic E-state index is 5.22. The van der Waals surface area contributed by atoms with Crippen LogP contribution in [0.4, 0.5) is 5.88 Å². The first kappa shape index (κ1) is 5.15. The molecule has 1 aromatic heterocycles. The summed E-state index contributed by atoms with van der Waals surface area (Å²) in [5.74, 6) is 1.09. The van der Waals surface area contributed by atoms with Gasteiger partial charge >= 0.3 is 0 Å². The van der Waals surface area contributed by atoms with Crippen molar-refractivity contribution >= 4 is 5.88 Å². The molecule has 0 atom stereocenters. The number of rotatable bonds is 1. The van der Waals surface area contributed by atoms with E-state index in [1.54, 1.807) is 0 Å². The van der Waals surface area contributed by atoms with Crippen molar-refractivity contribution in [1.82, 2.24) is 4.98 Å². The van der Waals surface area contributed by atoms with Crippen LogP contribution in [0.2, 0.25) is 0 Å². The summed E-state index contributed by atoms with van der Waals surface area (Å²) in [6.45, 7) is 1.96. The topological polar surface area (TPSA) is 52.0 Å². The van der Waals surface area contributed by atoms with E-state index < -0.39 is 0 Å². The largest absolute Gasteiger partial charge is 0.426 e. The van der Waals surface area contributed by atoms with Crippen molar-refractivity contribution in [3.63, 3.8) is 0 Å². The van der Waals surface area contributed by atoms with E-state index in [-0.39, 0.29) is 0 Å². The number of anilines is 1. The van der Waals surface area contributed by atoms with E-state index >= 15 is 0 Å². The number of hydrogen-bond donors (Lipinski definition) is 1. The Morgan fingerprint density at radius 2 is 2.62 bits per heavy atom.